The van der Waals surface area contributed by atoms with E-state index in [1.807, 2.05) is 0 Å². The van der Waals surface area contributed by atoms with Crippen LogP contribution in [0.15, 0.2) is 12.2 Å². The van der Waals surface area contributed by atoms with Gasteiger partial charge in [0.25, 0.3) is 0 Å². The summed E-state index contributed by atoms with van der Waals surface area (Å²) in [7, 11) is 0. The van der Waals surface area contributed by atoms with Crippen molar-refractivity contribution in [2.24, 2.45) is 11.8 Å². The fourth-order valence-corrected chi connectivity index (χ4v) is 0.942. The summed E-state index contributed by atoms with van der Waals surface area (Å²) < 4.78 is 0. The van der Waals surface area contributed by atoms with Crippen LogP contribution in [0.2, 0.25) is 0 Å². The third kappa shape index (κ3) is 4.17. The van der Waals surface area contributed by atoms with Crippen LogP contribution in [0.1, 0.15) is 33.6 Å². The van der Waals surface area contributed by atoms with E-state index in [0.29, 0.717) is 12.0 Å². The first-order valence-corrected chi connectivity index (χ1v) is 4.24. The molecule has 0 aromatic rings. The Kier molecular flexibility index (Phi) is 5.16. The Balaban J connectivity index is 3.78. The summed E-state index contributed by atoms with van der Waals surface area (Å²) in [5, 5.41) is 0. The van der Waals surface area contributed by atoms with E-state index in [9.17, 15) is 0 Å². The van der Waals surface area contributed by atoms with E-state index in [0.717, 1.165) is 12.8 Å². The fraction of sp³-hybridized carbons (Fsp3) is 0.778. The van der Waals surface area contributed by atoms with Crippen molar-refractivity contribution in [1.29, 1.82) is 0 Å². The molecule has 0 radical (unpaired) electrons. The van der Waals surface area contributed by atoms with Gasteiger partial charge < -0.3 is 0 Å². The van der Waals surface area contributed by atoms with Crippen LogP contribution in [0.5, 0.6) is 0 Å². The van der Waals surface area contributed by atoms with Crippen molar-refractivity contribution in [1.82, 2.24) is 5.43 Å². The lowest BCUT2D eigenvalue weighted by molar-refractivity contribution is 0.401. The zero-order chi connectivity index (χ0) is 8.85. The van der Waals surface area contributed by atoms with Crippen LogP contribution in [0, 0.1) is 5.92 Å². The smallest absolute Gasteiger partial charge is 0.0270 e. The quantitative estimate of drug-likeness (QED) is 0.362. The summed E-state index contributed by atoms with van der Waals surface area (Å²) >= 11 is 0. The van der Waals surface area contributed by atoms with Crippen molar-refractivity contribution in [3.8, 4) is 0 Å². The van der Waals surface area contributed by atoms with E-state index >= 15 is 0 Å². The van der Waals surface area contributed by atoms with Gasteiger partial charge in [-0.05, 0) is 18.8 Å². The van der Waals surface area contributed by atoms with E-state index < -0.39 is 0 Å². The predicted octanol–water partition coefficient (Wildman–Crippen LogP) is 1.83. The van der Waals surface area contributed by atoms with Crippen molar-refractivity contribution < 1.29 is 0 Å². The maximum absolute atomic E-state index is 5.39. The lowest BCUT2D eigenvalue weighted by atomic mass is 9.97. The number of hydrazine groups is 1. The molecule has 3 N–H and O–H groups in total. The number of hydrogen-bond donors (Lipinski definition) is 2. The van der Waals surface area contributed by atoms with Crippen LogP contribution in [0.4, 0.5) is 0 Å². The second kappa shape index (κ2) is 5.33. The number of hydrogen-bond acceptors (Lipinski definition) is 2. The summed E-state index contributed by atoms with van der Waals surface area (Å²) in [4.78, 5) is 0. The zero-order valence-electron chi connectivity index (χ0n) is 7.85. The highest BCUT2D eigenvalue weighted by Crippen LogP contribution is 2.12. The normalized spacial score (nSPS) is 13.5. The Labute approximate surface area is 69.8 Å². The van der Waals surface area contributed by atoms with Crippen molar-refractivity contribution in [3.05, 3.63) is 12.2 Å². The van der Waals surface area contributed by atoms with E-state index in [1.165, 1.54) is 5.57 Å². The molecule has 66 valence electrons. The van der Waals surface area contributed by atoms with Crippen LogP contribution in [-0.2, 0) is 0 Å². The minimum Gasteiger partial charge on any atom is -0.271 e. The average molecular weight is 156 g/mol. The molecule has 0 aromatic heterocycles. The number of nitrogens with one attached hydrogen (secondary N) is 1. The van der Waals surface area contributed by atoms with Gasteiger partial charge in [-0.25, -0.2) is 0 Å². The first-order valence-electron chi connectivity index (χ1n) is 4.24. The molecule has 1 unspecified atom stereocenters. The second-order valence-corrected chi connectivity index (χ2v) is 3.32. The predicted molar refractivity (Wildman–Crippen MR) is 50.0 cm³/mol. The highest BCUT2D eigenvalue weighted by molar-refractivity contribution is 4.96. The van der Waals surface area contributed by atoms with E-state index in [-0.39, 0.29) is 0 Å². The summed E-state index contributed by atoms with van der Waals surface area (Å²) in [6, 6.07) is 0.377. The van der Waals surface area contributed by atoms with Gasteiger partial charge in [0.1, 0.15) is 0 Å². The molecular formula is C9H20N2. The molecule has 2 heteroatoms. The molecule has 0 aliphatic rings. The Bertz CT molecular complexity index is 119. The Hall–Kier alpha value is -0.340. The van der Waals surface area contributed by atoms with Gasteiger partial charge in [-0.2, -0.15) is 0 Å². The summed E-state index contributed by atoms with van der Waals surface area (Å²) in [6.45, 7) is 10.4. The van der Waals surface area contributed by atoms with E-state index in [1.54, 1.807) is 0 Å². The number of rotatable bonds is 5. The highest BCUT2D eigenvalue weighted by Gasteiger charge is 2.11. The first-order chi connectivity index (χ1) is 5.11. The van der Waals surface area contributed by atoms with Gasteiger partial charge in [-0.15, -0.1) is 0 Å². The lowest BCUT2D eigenvalue weighted by Gasteiger charge is -2.20. The first kappa shape index (κ1) is 10.7. The van der Waals surface area contributed by atoms with Crippen LogP contribution in [0.3, 0.4) is 0 Å². The largest absolute Gasteiger partial charge is 0.271 e. The third-order valence-corrected chi connectivity index (χ3v) is 2.03. The van der Waals surface area contributed by atoms with Crippen molar-refractivity contribution in [2.45, 2.75) is 39.7 Å². The van der Waals surface area contributed by atoms with Crippen LogP contribution in [0.25, 0.3) is 0 Å². The third-order valence-electron chi connectivity index (χ3n) is 2.03. The second-order valence-electron chi connectivity index (χ2n) is 3.32. The SMILES string of the molecule is C=C(CC)CC(NN)C(C)C. The van der Waals surface area contributed by atoms with Gasteiger partial charge in [0.05, 0.1) is 0 Å². The van der Waals surface area contributed by atoms with Gasteiger partial charge in [-0.1, -0.05) is 32.9 Å². The standard InChI is InChI=1S/C9H20N2/c1-5-8(4)6-9(11-10)7(2)3/h7,9,11H,4-6,10H2,1-3H3. The molecule has 2 nitrogen and oxygen atoms in total. The van der Waals surface area contributed by atoms with Gasteiger partial charge in [0.2, 0.25) is 0 Å². The van der Waals surface area contributed by atoms with Crippen LogP contribution >= 0.6 is 0 Å². The molecule has 0 rings (SSSR count). The van der Waals surface area contributed by atoms with Crippen LogP contribution in [-0.4, -0.2) is 6.04 Å². The summed E-state index contributed by atoms with van der Waals surface area (Å²) in [5.41, 5.74) is 4.07. The topological polar surface area (TPSA) is 38.0 Å². The van der Waals surface area contributed by atoms with E-state index in [2.05, 4.69) is 32.8 Å². The molecular weight excluding hydrogens is 136 g/mol. The Morgan fingerprint density at radius 2 is 2.09 bits per heavy atom. The molecule has 0 fully saturated rings. The molecule has 11 heavy (non-hydrogen) atoms. The summed E-state index contributed by atoms with van der Waals surface area (Å²) in [6.07, 6.45) is 2.04. The van der Waals surface area contributed by atoms with Crippen molar-refractivity contribution in [3.63, 3.8) is 0 Å². The molecule has 0 aliphatic carbocycles. The van der Waals surface area contributed by atoms with Crippen molar-refractivity contribution in [2.75, 3.05) is 0 Å². The van der Waals surface area contributed by atoms with Gasteiger partial charge in [0.15, 0.2) is 0 Å². The van der Waals surface area contributed by atoms with Gasteiger partial charge >= 0.3 is 0 Å². The molecule has 0 aliphatic heterocycles. The Morgan fingerprint density at radius 1 is 1.55 bits per heavy atom. The van der Waals surface area contributed by atoms with Crippen molar-refractivity contribution >= 4 is 0 Å². The Morgan fingerprint density at radius 3 is 2.36 bits per heavy atom. The zero-order valence-corrected chi connectivity index (χ0v) is 7.85. The van der Waals surface area contributed by atoms with Crippen LogP contribution < -0.4 is 11.3 Å². The van der Waals surface area contributed by atoms with Gasteiger partial charge in [0, 0.05) is 6.04 Å². The van der Waals surface area contributed by atoms with Gasteiger partial charge in [-0.3, -0.25) is 11.3 Å². The average Bonchev–Trinajstić information content (AvgIpc) is 1.99. The highest BCUT2D eigenvalue weighted by atomic mass is 15.2. The lowest BCUT2D eigenvalue weighted by Crippen LogP contribution is -2.39. The fourth-order valence-electron chi connectivity index (χ4n) is 0.942. The summed E-state index contributed by atoms with van der Waals surface area (Å²) in [5.74, 6) is 5.96. The molecule has 0 saturated carbocycles. The molecule has 0 bridgehead atoms. The maximum Gasteiger partial charge on any atom is 0.0270 e. The monoisotopic (exact) mass is 156 g/mol. The molecule has 0 aromatic carbocycles. The van der Waals surface area contributed by atoms with E-state index in [4.69, 9.17) is 5.84 Å². The molecule has 0 amide bonds. The maximum atomic E-state index is 5.39. The molecule has 0 spiro atoms. The molecule has 1 atom stereocenters. The minimum absolute atomic E-state index is 0.377. The number of nitrogens with two attached hydrogens (primary N) is 1. The molecule has 0 saturated heterocycles. The minimum atomic E-state index is 0.377. The molecule has 0 heterocycles.